The van der Waals surface area contributed by atoms with E-state index in [0.717, 1.165) is 50.4 Å². The summed E-state index contributed by atoms with van der Waals surface area (Å²) in [6, 6.07) is 12.9. The number of β-amino-alcohol motifs (C(OH)–C–C–N with tert-alkyl or cyclic N) is 1. The number of piperazine rings is 1. The lowest BCUT2D eigenvalue weighted by atomic mass is 10.0. The van der Waals surface area contributed by atoms with Crippen LogP contribution in [0.1, 0.15) is 17.2 Å². The number of non-ortho nitro benzene ring substituents is 1. The van der Waals surface area contributed by atoms with Gasteiger partial charge in [0, 0.05) is 62.8 Å². The molecule has 0 aliphatic carbocycles. The summed E-state index contributed by atoms with van der Waals surface area (Å²) in [6.45, 7) is 5.01. The zero-order valence-electron chi connectivity index (χ0n) is 15.2. The molecular weight excluding hydrogens is 344 g/mol. The molecule has 2 aromatic carbocycles. The second-order valence-electron chi connectivity index (χ2n) is 7.17. The summed E-state index contributed by atoms with van der Waals surface area (Å²) in [6.07, 6.45) is 0.533. The van der Waals surface area contributed by atoms with Crippen molar-refractivity contribution < 1.29 is 10.0 Å². The van der Waals surface area contributed by atoms with E-state index in [-0.39, 0.29) is 10.6 Å². The number of nitrogens with one attached hydrogen (secondary N) is 1. The molecule has 2 aromatic rings. The minimum Gasteiger partial charge on any atom is -0.387 e. The Bertz CT molecular complexity index is 816. The number of nitro benzene ring substituents is 1. The topological polar surface area (TPSA) is 81.9 Å². The Hall–Kier alpha value is -2.64. The number of nitro groups is 1. The van der Waals surface area contributed by atoms with E-state index < -0.39 is 6.10 Å². The third-order valence-electron chi connectivity index (χ3n) is 5.45. The SMILES string of the molecule is O=[N+]([O-])c1ccc(N2CCN(CC(O)c3ccc4c(c3)CCN4)CC2)cc1. The van der Waals surface area contributed by atoms with Crippen LogP contribution in [0, 0.1) is 10.1 Å². The van der Waals surface area contributed by atoms with Gasteiger partial charge in [0.05, 0.1) is 11.0 Å². The van der Waals surface area contributed by atoms with Gasteiger partial charge in [0.15, 0.2) is 0 Å². The average Bonchev–Trinajstić information content (AvgIpc) is 3.16. The molecule has 2 heterocycles. The van der Waals surface area contributed by atoms with Gasteiger partial charge in [0.1, 0.15) is 0 Å². The number of hydrogen-bond donors (Lipinski definition) is 2. The summed E-state index contributed by atoms with van der Waals surface area (Å²) in [5.74, 6) is 0. The molecule has 0 saturated carbocycles. The van der Waals surface area contributed by atoms with Crippen LogP contribution in [0.15, 0.2) is 42.5 Å². The Morgan fingerprint density at radius 2 is 1.85 bits per heavy atom. The van der Waals surface area contributed by atoms with Gasteiger partial charge in [-0.05, 0) is 35.7 Å². The number of anilines is 2. The summed E-state index contributed by atoms with van der Waals surface area (Å²) in [5.41, 5.74) is 4.57. The quantitative estimate of drug-likeness (QED) is 0.623. The minimum atomic E-state index is -0.484. The van der Waals surface area contributed by atoms with E-state index in [9.17, 15) is 15.2 Å². The molecule has 2 N–H and O–H groups in total. The highest BCUT2D eigenvalue weighted by molar-refractivity contribution is 5.56. The first-order chi connectivity index (χ1) is 13.1. The lowest BCUT2D eigenvalue weighted by Crippen LogP contribution is -2.47. The van der Waals surface area contributed by atoms with Gasteiger partial charge in [-0.2, -0.15) is 0 Å². The normalized spacial score (nSPS) is 18.0. The molecule has 0 amide bonds. The first-order valence-corrected chi connectivity index (χ1v) is 9.37. The maximum absolute atomic E-state index is 10.8. The molecule has 2 aliphatic rings. The lowest BCUT2D eigenvalue weighted by molar-refractivity contribution is -0.384. The van der Waals surface area contributed by atoms with E-state index in [2.05, 4.69) is 27.2 Å². The first kappa shape index (κ1) is 17.8. The molecule has 7 heteroatoms. The van der Waals surface area contributed by atoms with Crippen molar-refractivity contribution in [3.05, 3.63) is 63.7 Å². The highest BCUT2D eigenvalue weighted by Gasteiger charge is 2.21. The highest BCUT2D eigenvalue weighted by Crippen LogP contribution is 2.27. The van der Waals surface area contributed by atoms with E-state index in [1.54, 1.807) is 24.3 Å². The van der Waals surface area contributed by atoms with Gasteiger partial charge in [-0.25, -0.2) is 0 Å². The maximum Gasteiger partial charge on any atom is 0.269 e. The van der Waals surface area contributed by atoms with Crippen molar-refractivity contribution in [2.45, 2.75) is 12.5 Å². The van der Waals surface area contributed by atoms with Crippen molar-refractivity contribution in [3.8, 4) is 0 Å². The van der Waals surface area contributed by atoms with Crippen LogP contribution < -0.4 is 10.2 Å². The van der Waals surface area contributed by atoms with Gasteiger partial charge in [-0.15, -0.1) is 0 Å². The Morgan fingerprint density at radius 1 is 1.11 bits per heavy atom. The number of rotatable bonds is 5. The van der Waals surface area contributed by atoms with E-state index in [0.29, 0.717) is 6.54 Å². The third-order valence-corrected chi connectivity index (χ3v) is 5.45. The Kier molecular flexibility index (Phi) is 4.96. The molecule has 0 spiro atoms. The summed E-state index contributed by atoms with van der Waals surface area (Å²) < 4.78 is 0. The lowest BCUT2D eigenvalue weighted by Gasteiger charge is -2.37. The van der Waals surface area contributed by atoms with Crippen LogP contribution in [0.25, 0.3) is 0 Å². The first-order valence-electron chi connectivity index (χ1n) is 9.37. The predicted octanol–water partition coefficient (Wildman–Crippen LogP) is 2.42. The maximum atomic E-state index is 10.8. The van der Waals surface area contributed by atoms with Crippen LogP contribution in [-0.2, 0) is 6.42 Å². The number of aliphatic hydroxyl groups excluding tert-OH is 1. The molecule has 0 bridgehead atoms. The van der Waals surface area contributed by atoms with Gasteiger partial charge in [-0.3, -0.25) is 15.0 Å². The molecule has 142 valence electrons. The monoisotopic (exact) mass is 368 g/mol. The van der Waals surface area contributed by atoms with Crippen LogP contribution in [0.5, 0.6) is 0 Å². The van der Waals surface area contributed by atoms with Crippen molar-refractivity contribution >= 4 is 17.1 Å². The molecule has 27 heavy (non-hydrogen) atoms. The van der Waals surface area contributed by atoms with E-state index in [4.69, 9.17) is 0 Å². The van der Waals surface area contributed by atoms with Crippen LogP contribution in [0.2, 0.25) is 0 Å². The fourth-order valence-corrected chi connectivity index (χ4v) is 3.86. The largest absolute Gasteiger partial charge is 0.387 e. The summed E-state index contributed by atoms with van der Waals surface area (Å²) in [7, 11) is 0. The third kappa shape index (κ3) is 3.89. The molecule has 4 rings (SSSR count). The molecule has 0 aromatic heterocycles. The van der Waals surface area contributed by atoms with Crippen molar-refractivity contribution in [2.75, 3.05) is 49.5 Å². The number of nitrogens with zero attached hydrogens (tertiary/aromatic N) is 3. The number of hydrogen-bond acceptors (Lipinski definition) is 6. The molecular formula is C20H24N4O3. The van der Waals surface area contributed by atoms with Crippen molar-refractivity contribution in [1.29, 1.82) is 0 Å². The van der Waals surface area contributed by atoms with Crippen LogP contribution in [-0.4, -0.2) is 54.2 Å². The second kappa shape index (κ2) is 7.54. The Morgan fingerprint density at radius 3 is 2.56 bits per heavy atom. The van der Waals surface area contributed by atoms with Gasteiger partial charge >= 0.3 is 0 Å². The van der Waals surface area contributed by atoms with Gasteiger partial charge in [0.2, 0.25) is 0 Å². The van der Waals surface area contributed by atoms with Crippen LogP contribution >= 0.6 is 0 Å². The smallest absolute Gasteiger partial charge is 0.269 e. The molecule has 2 aliphatic heterocycles. The Balaban J connectivity index is 1.32. The second-order valence-corrected chi connectivity index (χ2v) is 7.17. The van der Waals surface area contributed by atoms with Crippen molar-refractivity contribution in [2.24, 2.45) is 0 Å². The molecule has 7 nitrogen and oxygen atoms in total. The van der Waals surface area contributed by atoms with Crippen molar-refractivity contribution in [1.82, 2.24) is 4.90 Å². The fraction of sp³-hybridized carbons (Fsp3) is 0.400. The molecule has 1 fully saturated rings. The standard InChI is InChI=1S/C20H24N4O3/c25-20(16-1-6-19-15(13-16)7-8-21-19)14-22-9-11-23(12-10-22)17-2-4-18(5-3-17)24(26)27/h1-6,13,20-21,25H,7-12,14H2. The summed E-state index contributed by atoms with van der Waals surface area (Å²) >= 11 is 0. The van der Waals surface area contributed by atoms with Crippen molar-refractivity contribution in [3.63, 3.8) is 0 Å². The number of benzene rings is 2. The highest BCUT2D eigenvalue weighted by atomic mass is 16.6. The van der Waals surface area contributed by atoms with Gasteiger partial charge < -0.3 is 15.3 Å². The molecule has 1 saturated heterocycles. The fourth-order valence-electron chi connectivity index (χ4n) is 3.86. The Labute approximate surface area is 158 Å². The van der Waals surface area contributed by atoms with Crippen LogP contribution in [0.3, 0.4) is 0 Å². The average molecular weight is 368 g/mol. The van der Waals surface area contributed by atoms with Gasteiger partial charge in [-0.1, -0.05) is 12.1 Å². The predicted molar refractivity (Wildman–Crippen MR) is 105 cm³/mol. The van der Waals surface area contributed by atoms with E-state index in [1.165, 1.54) is 11.3 Å². The molecule has 1 atom stereocenters. The summed E-state index contributed by atoms with van der Waals surface area (Å²) in [5, 5.41) is 24.7. The van der Waals surface area contributed by atoms with E-state index in [1.807, 2.05) is 6.07 Å². The van der Waals surface area contributed by atoms with E-state index >= 15 is 0 Å². The zero-order valence-corrected chi connectivity index (χ0v) is 15.2. The summed E-state index contributed by atoms with van der Waals surface area (Å²) in [4.78, 5) is 14.9. The molecule has 0 radical (unpaired) electrons. The zero-order chi connectivity index (χ0) is 18.8. The van der Waals surface area contributed by atoms with Gasteiger partial charge in [0.25, 0.3) is 5.69 Å². The van der Waals surface area contributed by atoms with Crippen LogP contribution in [0.4, 0.5) is 17.1 Å². The molecule has 1 unspecified atom stereocenters. The minimum absolute atomic E-state index is 0.116. The number of fused-ring (bicyclic) bond motifs is 1. The number of aliphatic hydroxyl groups is 1.